The first-order valence-corrected chi connectivity index (χ1v) is 5.62. The third-order valence-corrected chi connectivity index (χ3v) is 0.612. The van der Waals surface area contributed by atoms with Gasteiger partial charge in [-0.2, -0.15) is 25.2 Å². The summed E-state index contributed by atoms with van der Waals surface area (Å²) < 4.78 is 17.0. The van der Waals surface area contributed by atoms with Crippen LogP contribution in [0, 0.1) is 0 Å². The van der Waals surface area contributed by atoms with Crippen LogP contribution in [0.1, 0.15) is 13.8 Å². The summed E-state index contributed by atoms with van der Waals surface area (Å²) in [5.74, 6) is 0. The first-order chi connectivity index (χ1) is 5.95. The summed E-state index contributed by atoms with van der Waals surface area (Å²) in [6.45, 7) is 3.85. The Morgan fingerprint density at radius 3 is 1.07 bits per heavy atom. The Bertz CT molecular complexity index is 112. The molecule has 8 heteroatoms. The summed E-state index contributed by atoms with van der Waals surface area (Å²) >= 11 is -2.08. The number of hydrogen-bond donors (Lipinski definition) is 0. The van der Waals surface area contributed by atoms with Crippen molar-refractivity contribution < 1.29 is 36.8 Å². The average molecular weight is 402 g/mol. The van der Waals surface area contributed by atoms with Gasteiger partial charge in [0.1, 0.15) is 0 Å². The molecule has 6 nitrogen and oxygen atoms in total. The Labute approximate surface area is 98.9 Å². The SMILES string of the molecule is CC([NH-])C[NH-].CC([NH-])C[NH-].[Cl-].[O]=[Os+2]=[O]. The summed E-state index contributed by atoms with van der Waals surface area (Å²) in [6.07, 6.45) is 0. The third kappa shape index (κ3) is 83.8. The molecule has 0 radical (unpaired) electrons. The van der Waals surface area contributed by atoms with Crippen LogP contribution in [0.2, 0.25) is 0 Å². The zero-order valence-corrected chi connectivity index (χ0v) is 11.4. The van der Waals surface area contributed by atoms with Crippen molar-refractivity contribution in [1.82, 2.24) is 0 Å². The molecular formula is C6H16ClN4O2Os-3. The van der Waals surface area contributed by atoms with Gasteiger partial charge in [0.15, 0.2) is 0 Å². The van der Waals surface area contributed by atoms with Crippen molar-refractivity contribution in [2.24, 2.45) is 0 Å². The number of halogens is 1. The number of rotatable bonds is 2. The van der Waals surface area contributed by atoms with Gasteiger partial charge in [-0.25, -0.2) is 0 Å². The maximum atomic E-state index is 8.51. The Balaban J connectivity index is -0.0000000535. The van der Waals surface area contributed by atoms with E-state index in [-0.39, 0.29) is 37.6 Å². The van der Waals surface area contributed by atoms with Crippen LogP contribution < -0.4 is 12.4 Å². The molecule has 0 heterocycles. The molecule has 0 aromatic rings. The van der Waals surface area contributed by atoms with Gasteiger partial charge in [0.25, 0.3) is 0 Å². The zero-order valence-electron chi connectivity index (χ0n) is 8.12. The van der Waals surface area contributed by atoms with E-state index < -0.39 is 17.3 Å². The fourth-order valence-corrected chi connectivity index (χ4v) is 0. The van der Waals surface area contributed by atoms with E-state index in [1.165, 1.54) is 0 Å². The molecule has 0 rings (SSSR count). The molecule has 4 N–H and O–H groups in total. The Morgan fingerprint density at radius 2 is 1.07 bits per heavy atom. The van der Waals surface area contributed by atoms with Gasteiger partial charge >= 0.3 is 24.4 Å². The summed E-state index contributed by atoms with van der Waals surface area (Å²) in [6, 6.07) is -0.398. The second kappa shape index (κ2) is 23.3. The minimum atomic E-state index is -2.08. The van der Waals surface area contributed by atoms with Gasteiger partial charge in [-0.05, 0) is 0 Å². The van der Waals surface area contributed by atoms with Gasteiger partial charge < -0.3 is 35.3 Å². The van der Waals surface area contributed by atoms with Crippen molar-refractivity contribution in [3.05, 3.63) is 22.9 Å². The van der Waals surface area contributed by atoms with Crippen molar-refractivity contribution in [2.45, 2.75) is 25.9 Å². The third-order valence-electron chi connectivity index (χ3n) is 0.612. The molecule has 90 valence electrons. The van der Waals surface area contributed by atoms with Crippen LogP contribution in [0.4, 0.5) is 0 Å². The van der Waals surface area contributed by atoms with E-state index in [1.54, 1.807) is 13.8 Å². The summed E-state index contributed by atoms with van der Waals surface area (Å²) in [7, 11) is 0. The molecule has 0 aliphatic carbocycles. The van der Waals surface area contributed by atoms with Gasteiger partial charge in [0.2, 0.25) is 0 Å². The summed E-state index contributed by atoms with van der Waals surface area (Å²) in [5, 5.41) is 0. The van der Waals surface area contributed by atoms with Gasteiger partial charge in [0.05, 0.1) is 0 Å². The maximum absolute atomic E-state index is 8.51. The van der Waals surface area contributed by atoms with Gasteiger partial charge in [-0.3, -0.25) is 0 Å². The topological polar surface area (TPSA) is 129 Å². The molecule has 0 fully saturated rings. The van der Waals surface area contributed by atoms with Crippen LogP contribution in [-0.2, 0) is 24.4 Å². The van der Waals surface area contributed by atoms with E-state index in [1.807, 2.05) is 0 Å². The van der Waals surface area contributed by atoms with Crippen LogP contribution in [0.3, 0.4) is 0 Å². The summed E-state index contributed by atoms with van der Waals surface area (Å²) in [5.41, 5.74) is 26.2. The molecule has 0 spiro atoms. The standard InChI is InChI=1S/2C3H8N2.ClH.2O.Os/c2*1-3(5)2-4;;;;/h2*3-5H,2H2,1H3;1H;;;/q2*-2;;;;+2/p-1. The second-order valence-electron chi connectivity index (χ2n) is 2.27. The van der Waals surface area contributed by atoms with Crippen molar-refractivity contribution in [3.8, 4) is 0 Å². The predicted molar refractivity (Wildman–Crippen MR) is 47.3 cm³/mol. The normalized spacial score (nSPS) is 11.6. The van der Waals surface area contributed by atoms with Crippen LogP contribution in [0.15, 0.2) is 0 Å². The second-order valence-corrected chi connectivity index (χ2v) is 2.69. The zero-order chi connectivity index (χ0) is 11.3. The van der Waals surface area contributed by atoms with Crippen molar-refractivity contribution in [3.63, 3.8) is 0 Å². The van der Waals surface area contributed by atoms with Crippen LogP contribution in [0.5, 0.6) is 0 Å². The van der Waals surface area contributed by atoms with E-state index in [9.17, 15) is 0 Å². The van der Waals surface area contributed by atoms with Crippen molar-refractivity contribution in [2.75, 3.05) is 13.1 Å². The fraction of sp³-hybridized carbons (Fsp3) is 1.00. The quantitative estimate of drug-likeness (QED) is 0.630. The van der Waals surface area contributed by atoms with Crippen LogP contribution >= 0.6 is 0 Å². The average Bonchev–Trinajstić information content (AvgIpc) is 2.07. The van der Waals surface area contributed by atoms with Gasteiger partial charge in [-0.15, -0.1) is 0 Å². The predicted octanol–water partition coefficient (Wildman–Crippen LogP) is -0.277. The molecule has 0 aliphatic rings. The Morgan fingerprint density at radius 1 is 1.00 bits per heavy atom. The molecule has 0 aliphatic heterocycles. The molecule has 2 atom stereocenters. The number of hydrogen-bond acceptors (Lipinski definition) is 2. The van der Waals surface area contributed by atoms with Gasteiger partial charge in [-0.1, -0.05) is 13.8 Å². The molecule has 0 bridgehead atoms. The van der Waals surface area contributed by atoms with E-state index >= 15 is 0 Å². The van der Waals surface area contributed by atoms with E-state index in [0.717, 1.165) is 0 Å². The first-order valence-electron chi connectivity index (χ1n) is 3.54. The molecule has 2 unspecified atom stereocenters. The molecular weight excluding hydrogens is 386 g/mol. The van der Waals surface area contributed by atoms with Crippen molar-refractivity contribution >= 4 is 0 Å². The molecule has 0 aromatic carbocycles. The molecule has 0 saturated heterocycles. The molecule has 0 saturated carbocycles. The Hall–Kier alpha value is 0.366. The number of nitrogens with one attached hydrogen (secondary N) is 4. The molecule has 0 amide bonds. The monoisotopic (exact) mass is 403 g/mol. The molecule has 14 heavy (non-hydrogen) atoms. The summed E-state index contributed by atoms with van der Waals surface area (Å²) in [4.78, 5) is 0. The van der Waals surface area contributed by atoms with Crippen LogP contribution in [-0.4, -0.2) is 25.2 Å². The van der Waals surface area contributed by atoms with Gasteiger partial charge in [0, 0.05) is 0 Å². The Kier molecular flexibility index (Phi) is 39.8. The first kappa shape index (κ1) is 23.9. The molecule has 0 aromatic heterocycles. The fourth-order valence-electron chi connectivity index (χ4n) is 0. The minimum absolute atomic E-state index is 0. The van der Waals surface area contributed by atoms with E-state index in [4.69, 9.17) is 30.0 Å². The van der Waals surface area contributed by atoms with Crippen molar-refractivity contribution in [1.29, 1.82) is 0 Å². The van der Waals surface area contributed by atoms with Crippen LogP contribution in [0.25, 0.3) is 22.9 Å². The van der Waals surface area contributed by atoms with E-state index in [0.29, 0.717) is 0 Å². The van der Waals surface area contributed by atoms with E-state index in [2.05, 4.69) is 0 Å².